The number of amides is 1. The van der Waals surface area contributed by atoms with Crippen molar-refractivity contribution in [3.8, 4) is 0 Å². The van der Waals surface area contributed by atoms with Gasteiger partial charge in [-0.3, -0.25) is 9.59 Å². The number of nitrogens with one attached hydrogen (secondary N) is 1. The molecule has 1 saturated carbocycles. The SMILES string of the molecule is COCCC(=O)NCC1(CN2CCCC2)CC1.O=CO. The van der Waals surface area contributed by atoms with E-state index in [0.29, 0.717) is 18.4 Å². The molecule has 0 unspecified atom stereocenters. The molecular weight excluding hydrogens is 260 g/mol. The number of hydrogen-bond acceptors (Lipinski definition) is 4. The van der Waals surface area contributed by atoms with Crippen LogP contribution in [0.15, 0.2) is 0 Å². The number of hydrogen-bond donors (Lipinski definition) is 2. The van der Waals surface area contributed by atoms with Crippen LogP contribution in [-0.2, 0) is 14.3 Å². The monoisotopic (exact) mass is 286 g/mol. The van der Waals surface area contributed by atoms with Gasteiger partial charge in [-0.15, -0.1) is 0 Å². The molecule has 1 aliphatic carbocycles. The summed E-state index contributed by atoms with van der Waals surface area (Å²) >= 11 is 0. The molecule has 1 aliphatic heterocycles. The smallest absolute Gasteiger partial charge is 0.290 e. The molecule has 0 aromatic rings. The molecule has 1 saturated heterocycles. The first-order valence-electron chi connectivity index (χ1n) is 7.21. The van der Waals surface area contributed by atoms with Crippen LogP contribution in [0.3, 0.4) is 0 Å². The number of ether oxygens (including phenoxy) is 1. The summed E-state index contributed by atoms with van der Waals surface area (Å²) in [7, 11) is 1.63. The van der Waals surface area contributed by atoms with Gasteiger partial charge in [-0.05, 0) is 38.8 Å². The molecule has 0 aromatic heterocycles. The molecule has 2 N–H and O–H groups in total. The van der Waals surface area contributed by atoms with Gasteiger partial charge in [0.05, 0.1) is 6.61 Å². The Morgan fingerprint density at radius 3 is 2.50 bits per heavy atom. The van der Waals surface area contributed by atoms with Crippen LogP contribution in [0, 0.1) is 5.41 Å². The van der Waals surface area contributed by atoms with Gasteiger partial charge in [0.1, 0.15) is 0 Å². The Balaban J connectivity index is 0.000000612. The van der Waals surface area contributed by atoms with Crippen LogP contribution in [0.1, 0.15) is 32.1 Å². The summed E-state index contributed by atoms with van der Waals surface area (Å²) in [6.07, 6.45) is 5.71. The van der Waals surface area contributed by atoms with E-state index in [1.807, 2.05) is 0 Å². The second kappa shape index (κ2) is 8.92. The van der Waals surface area contributed by atoms with Crippen LogP contribution in [0.2, 0.25) is 0 Å². The maximum atomic E-state index is 11.5. The summed E-state index contributed by atoms with van der Waals surface area (Å²) in [5.74, 6) is 0.125. The number of carboxylic acid groups (broad SMARTS) is 1. The van der Waals surface area contributed by atoms with Crippen molar-refractivity contribution in [1.82, 2.24) is 10.2 Å². The third kappa shape index (κ3) is 6.34. The van der Waals surface area contributed by atoms with Gasteiger partial charge in [0.15, 0.2) is 0 Å². The van der Waals surface area contributed by atoms with Crippen molar-refractivity contribution in [2.75, 3.05) is 39.9 Å². The largest absolute Gasteiger partial charge is 0.483 e. The first-order valence-corrected chi connectivity index (χ1v) is 7.21. The molecule has 0 radical (unpaired) electrons. The number of likely N-dealkylation sites (tertiary alicyclic amines) is 1. The average Bonchev–Trinajstić information content (AvgIpc) is 3.00. The van der Waals surface area contributed by atoms with Crippen LogP contribution < -0.4 is 5.32 Å². The Hall–Kier alpha value is -1.14. The summed E-state index contributed by atoms with van der Waals surface area (Å²) in [6.45, 7) is 4.80. The number of carbonyl (C=O) groups is 2. The van der Waals surface area contributed by atoms with E-state index in [9.17, 15) is 4.79 Å². The van der Waals surface area contributed by atoms with Crippen molar-refractivity contribution >= 4 is 12.4 Å². The summed E-state index contributed by atoms with van der Waals surface area (Å²) in [4.78, 5) is 22.4. The zero-order valence-corrected chi connectivity index (χ0v) is 12.3. The molecule has 6 heteroatoms. The minimum Gasteiger partial charge on any atom is -0.483 e. The van der Waals surface area contributed by atoms with E-state index in [0.717, 1.165) is 6.54 Å². The van der Waals surface area contributed by atoms with Gasteiger partial charge in [-0.1, -0.05) is 0 Å². The Morgan fingerprint density at radius 1 is 1.40 bits per heavy atom. The minimum absolute atomic E-state index is 0.125. The van der Waals surface area contributed by atoms with Crippen molar-refractivity contribution in [2.45, 2.75) is 32.1 Å². The maximum absolute atomic E-state index is 11.5. The van der Waals surface area contributed by atoms with Crippen molar-refractivity contribution < 1.29 is 19.4 Å². The van der Waals surface area contributed by atoms with Gasteiger partial charge in [0, 0.05) is 32.0 Å². The highest BCUT2D eigenvalue weighted by atomic mass is 16.5. The Bertz CT molecular complexity index is 300. The predicted molar refractivity (Wildman–Crippen MR) is 75.5 cm³/mol. The first kappa shape index (κ1) is 16.9. The van der Waals surface area contributed by atoms with Crippen LogP contribution in [0.4, 0.5) is 0 Å². The Kier molecular flexibility index (Phi) is 7.54. The molecule has 0 aromatic carbocycles. The number of rotatable bonds is 7. The molecule has 20 heavy (non-hydrogen) atoms. The summed E-state index contributed by atoms with van der Waals surface area (Å²) < 4.78 is 4.90. The quantitative estimate of drug-likeness (QED) is 0.674. The zero-order chi connectivity index (χ0) is 14.8. The summed E-state index contributed by atoms with van der Waals surface area (Å²) in [5, 5.41) is 9.94. The lowest BCUT2D eigenvalue weighted by atomic mass is 10.1. The second-order valence-electron chi connectivity index (χ2n) is 5.61. The molecule has 1 amide bonds. The van der Waals surface area contributed by atoms with E-state index < -0.39 is 0 Å². The normalized spacial score (nSPS) is 19.9. The zero-order valence-electron chi connectivity index (χ0n) is 12.3. The summed E-state index contributed by atoms with van der Waals surface area (Å²) in [5.41, 5.74) is 0.396. The fourth-order valence-corrected chi connectivity index (χ4v) is 2.55. The van der Waals surface area contributed by atoms with Gasteiger partial charge in [0.25, 0.3) is 6.47 Å². The highest BCUT2D eigenvalue weighted by Gasteiger charge is 2.44. The van der Waals surface area contributed by atoms with Crippen LogP contribution in [-0.4, -0.2) is 62.3 Å². The molecule has 0 bridgehead atoms. The molecule has 116 valence electrons. The van der Waals surface area contributed by atoms with Crippen LogP contribution in [0.5, 0.6) is 0 Å². The van der Waals surface area contributed by atoms with E-state index in [1.54, 1.807) is 7.11 Å². The minimum atomic E-state index is -0.250. The van der Waals surface area contributed by atoms with Crippen molar-refractivity contribution in [2.24, 2.45) is 5.41 Å². The van der Waals surface area contributed by atoms with E-state index in [-0.39, 0.29) is 12.4 Å². The molecule has 0 atom stereocenters. The molecule has 1 heterocycles. The third-order valence-electron chi connectivity index (χ3n) is 3.91. The fourth-order valence-electron chi connectivity index (χ4n) is 2.55. The topological polar surface area (TPSA) is 78.9 Å². The van der Waals surface area contributed by atoms with Crippen LogP contribution in [0.25, 0.3) is 0 Å². The number of nitrogens with zero attached hydrogens (tertiary/aromatic N) is 1. The molecule has 2 aliphatic rings. The Morgan fingerprint density at radius 2 is 2.00 bits per heavy atom. The molecular formula is C14H26N2O4. The lowest BCUT2D eigenvalue weighted by molar-refractivity contribution is -0.123. The molecule has 2 rings (SSSR count). The van der Waals surface area contributed by atoms with Gasteiger partial charge >= 0.3 is 0 Å². The third-order valence-corrected chi connectivity index (χ3v) is 3.91. The number of carbonyl (C=O) groups excluding carboxylic acids is 1. The highest BCUT2D eigenvalue weighted by molar-refractivity contribution is 5.76. The standard InChI is InChI=1S/C13H24N2O2.CH2O2/c1-17-9-4-12(16)14-10-13(5-6-13)11-15-7-2-3-8-15;2-1-3/h2-11H2,1H3,(H,14,16);1H,(H,2,3). The molecule has 2 fully saturated rings. The van der Waals surface area contributed by atoms with Crippen molar-refractivity contribution in [1.29, 1.82) is 0 Å². The van der Waals surface area contributed by atoms with E-state index in [2.05, 4.69) is 10.2 Å². The second-order valence-corrected chi connectivity index (χ2v) is 5.61. The van der Waals surface area contributed by atoms with Crippen LogP contribution >= 0.6 is 0 Å². The fraction of sp³-hybridized carbons (Fsp3) is 0.857. The van der Waals surface area contributed by atoms with Gasteiger partial charge in [-0.2, -0.15) is 0 Å². The van der Waals surface area contributed by atoms with Gasteiger partial charge in [-0.25, -0.2) is 0 Å². The van der Waals surface area contributed by atoms with E-state index in [4.69, 9.17) is 14.6 Å². The predicted octanol–water partition coefficient (Wildman–Crippen LogP) is 0.716. The van der Waals surface area contributed by atoms with Gasteiger partial charge in [0.2, 0.25) is 5.91 Å². The van der Waals surface area contributed by atoms with Crippen molar-refractivity contribution in [3.63, 3.8) is 0 Å². The number of methoxy groups -OCH3 is 1. The lowest BCUT2D eigenvalue weighted by Crippen LogP contribution is -2.37. The lowest BCUT2D eigenvalue weighted by Gasteiger charge is -2.23. The van der Waals surface area contributed by atoms with E-state index in [1.165, 1.54) is 45.3 Å². The summed E-state index contributed by atoms with van der Waals surface area (Å²) in [6, 6.07) is 0. The Labute approximate surface area is 120 Å². The first-order chi connectivity index (χ1) is 9.65. The molecule has 6 nitrogen and oxygen atoms in total. The average molecular weight is 286 g/mol. The van der Waals surface area contributed by atoms with Gasteiger partial charge < -0.3 is 20.1 Å². The maximum Gasteiger partial charge on any atom is 0.290 e. The molecule has 0 spiro atoms. The highest BCUT2D eigenvalue weighted by Crippen LogP contribution is 2.46. The van der Waals surface area contributed by atoms with Crippen molar-refractivity contribution in [3.05, 3.63) is 0 Å². The van der Waals surface area contributed by atoms with E-state index >= 15 is 0 Å².